The molecule has 0 aromatic heterocycles. The van der Waals surface area contributed by atoms with Crippen molar-refractivity contribution < 1.29 is 9.47 Å². The molecule has 2 N–H and O–H groups in total. The Hall–Kier alpha value is -2.11. The highest BCUT2D eigenvalue weighted by atomic mass is 16.5. The maximum absolute atomic E-state index is 5.37. The van der Waals surface area contributed by atoms with Gasteiger partial charge in [0.25, 0.3) is 0 Å². The van der Waals surface area contributed by atoms with Crippen LogP contribution in [0.2, 0.25) is 0 Å². The maximum Gasteiger partial charge on any atom is 0.191 e. The molecule has 0 unspecified atom stereocenters. The number of nitrogens with zero attached hydrogens (tertiary/aromatic N) is 2. The van der Waals surface area contributed by atoms with Crippen molar-refractivity contribution in [3.63, 3.8) is 0 Å². The minimum Gasteiger partial charge on any atom is -0.497 e. The highest BCUT2D eigenvalue weighted by molar-refractivity contribution is 5.80. The number of rotatable bonds is 6. The molecule has 0 saturated carbocycles. The van der Waals surface area contributed by atoms with Crippen molar-refractivity contribution >= 4 is 11.6 Å². The van der Waals surface area contributed by atoms with Gasteiger partial charge in [-0.1, -0.05) is 0 Å². The van der Waals surface area contributed by atoms with E-state index in [-0.39, 0.29) is 0 Å². The summed E-state index contributed by atoms with van der Waals surface area (Å²) in [6, 6.07) is 6.50. The quantitative estimate of drug-likeness (QED) is 0.617. The van der Waals surface area contributed by atoms with Gasteiger partial charge < -0.3 is 25.0 Å². The molecule has 1 heterocycles. The highest BCUT2D eigenvalue weighted by Gasteiger charge is 2.21. The van der Waals surface area contributed by atoms with Crippen LogP contribution in [0.15, 0.2) is 23.2 Å². The first-order chi connectivity index (χ1) is 11.7. The van der Waals surface area contributed by atoms with Gasteiger partial charge >= 0.3 is 0 Å². The zero-order valence-electron chi connectivity index (χ0n) is 15.3. The van der Waals surface area contributed by atoms with Crippen molar-refractivity contribution in [3.8, 4) is 11.5 Å². The third kappa shape index (κ3) is 4.94. The lowest BCUT2D eigenvalue weighted by Gasteiger charge is -2.34. The minimum absolute atomic E-state index is 0.457. The lowest BCUT2D eigenvalue weighted by Crippen LogP contribution is -2.48. The van der Waals surface area contributed by atoms with Gasteiger partial charge in [-0.05, 0) is 26.7 Å². The first kappa shape index (κ1) is 18.2. The average molecular weight is 334 g/mol. The van der Waals surface area contributed by atoms with Crippen molar-refractivity contribution in [1.82, 2.24) is 10.6 Å². The number of anilines is 1. The molecule has 0 aliphatic carbocycles. The van der Waals surface area contributed by atoms with Crippen molar-refractivity contribution in [2.75, 3.05) is 45.3 Å². The molecule has 1 aliphatic rings. The number of methoxy groups -OCH3 is 2. The van der Waals surface area contributed by atoms with Crippen LogP contribution in [0.4, 0.5) is 5.69 Å². The van der Waals surface area contributed by atoms with Gasteiger partial charge in [-0.25, -0.2) is 0 Å². The van der Waals surface area contributed by atoms with Gasteiger partial charge in [0.15, 0.2) is 5.96 Å². The van der Waals surface area contributed by atoms with Gasteiger partial charge in [-0.3, -0.25) is 4.99 Å². The smallest absolute Gasteiger partial charge is 0.191 e. The topological polar surface area (TPSA) is 58.1 Å². The zero-order valence-corrected chi connectivity index (χ0v) is 15.3. The predicted molar refractivity (Wildman–Crippen MR) is 99.6 cm³/mol. The van der Waals surface area contributed by atoms with E-state index < -0.39 is 0 Å². The van der Waals surface area contributed by atoms with Crippen LogP contribution in [0.5, 0.6) is 11.5 Å². The molecule has 1 saturated heterocycles. The van der Waals surface area contributed by atoms with E-state index in [1.807, 2.05) is 6.07 Å². The lowest BCUT2D eigenvalue weighted by atomic mass is 10.0. The van der Waals surface area contributed by atoms with Crippen LogP contribution in [-0.2, 0) is 0 Å². The van der Waals surface area contributed by atoms with E-state index >= 15 is 0 Å². The molecule has 24 heavy (non-hydrogen) atoms. The van der Waals surface area contributed by atoms with E-state index in [0.717, 1.165) is 62.2 Å². The Morgan fingerprint density at radius 1 is 1.12 bits per heavy atom. The van der Waals surface area contributed by atoms with Gasteiger partial charge in [0, 0.05) is 56.1 Å². The molecule has 0 spiro atoms. The summed E-state index contributed by atoms with van der Waals surface area (Å²) >= 11 is 0. The van der Waals surface area contributed by atoms with E-state index in [0.29, 0.717) is 6.04 Å². The summed E-state index contributed by atoms with van der Waals surface area (Å²) in [6.45, 7) is 7.81. The Bertz CT molecular complexity index is 518. The Balaban J connectivity index is 1.96. The van der Waals surface area contributed by atoms with E-state index in [1.54, 1.807) is 14.2 Å². The van der Waals surface area contributed by atoms with Crippen LogP contribution < -0.4 is 25.0 Å². The fourth-order valence-corrected chi connectivity index (χ4v) is 2.93. The summed E-state index contributed by atoms with van der Waals surface area (Å²) in [7, 11) is 3.37. The van der Waals surface area contributed by atoms with E-state index in [2.05, 4.69) is 46.5 Å². The third-order valence-electron chi connectivity index (χ3n) is 4.20. The van der Waals surface area contributed by atoms with Crippen LogP contribution in [-0.4, -0.2) is 52.4 Å². The Morgan fingerprint density at radius 3 is 2.25 bits per heavy atom. The minimum atomic E-state index is 0.457. The molecule has 1 fully saturated rings. The van der Waals surface area contributed by atoms with Gasteiger partial charge in [0.05, 0.1) is 14.2 Å². The number of hydrogen-bond acceptors (Lipinski definition) is 4. The molecule has 1 aromatic carbocycles. The molecule has 1 aliphatic heterocycles. The summed E-state index contributed by atoms with van der Waals surface area (Å²) in [6.07, 6.45) is 2.15. The van der Waals surface area contributed by atoms with Crippen molar-refractivity contribution in [2.45, 2.75) is 32.7 Å². The average Bonchev–Trinajstić information content (AvgIpc) is 2.62. The van der Waals surface area contributed by atoms with E-state index in [4.69, 9.17) is 9.47 Å². The molecule has 134 valence electrons. The predicted octanol–water partition coefficient (Wildman–Crippen LogP) is 2.25. The molecule has 0 amide bonds. The summed E-state index contributed by atoms with van der Waals surface area (Å²) in [5.41, 5.74) is 1.15. The Labute approximate surface area is 145 Å². The second kappa shape index (κ2) is 9.25. The van der Waals surface area contributed by atoms with Crippen LogP contribution in [0.25, 0.3) is 0 Å². The fourth-order valence-electron chi connectivity index (χ4n) is 2.93. The van der Waals surface area contributed by atoms with Gasteiger partial charge in [-0.15, -0.1) is 0 Å². The molecule has 2 rings (SSSR count). The summed E-state index contributed by atoms with van der Waals surface area (Å²) in [5, 5.41) is 6.83. The molecule has 0 atom stereocenters. The molecule has 0 bridgehead atoms. The summed E-state index contributed by atoms with van der Waals surface area (Å²) in [5.74, 6) is 2.57. The maximum atomic E-state index is 5.37. The molecule has 6 heteroatoms. The number of piperidine rings is 1. The first-order valence-electron chi connectivity index (χ1n) is 8.73. The molecule has 6 nitrogen and oxygen atoms in total. The third-order valence-corrected chi connectivity index (χ3v) is 4.20. The van der Waals surface area contributed by atoms with Crippen LogP contribution >= 0.6 is 0 Å². The fraction of sp³-hybridized carbons (Fsp3) is 0.611. The number of benzene rings is 1. The second-order valence-corrected chi connectivity index (χ2v) is 5.83. The number of hydrogen-bond donors (Lipinski definition) is 2. The second-order valence-electron chi connectivity index (χ2n) is 5.83. The van der Waals surface area contributed by atoms with Gasteiger partial charge in [0.2, 0.25) is 0 Å². The van der Waals surface area contributed by atoms with Crippen LogP contribution in [0.1, 0.15) is 26.7 Å². The van der Waals surface area contributed by atoms with E-state index in [9.17, 15) is 0 Å². The van der Waals surface area contributed by atoms with Crippen molar-refractivity contribution in [2.24, 2.45) is 4.99 Å². The first-order valence-corrected chi connectivity index (χ1v) is 8.73. The zero-order chi connectivity index (χ0) is 17.4. The molecular formula is C18H30N4O2. The summed E-state index contributed by atoms with van der Waals surface area (Å²) in [4.78, 5) is 6.86. The number of guanidine groups is 1. The number of aliphatic imine (C=N–C) groups is 1. The Kier molecular flexibility index (Phi) is 7.03. The Morgan fingerprint density at radius 2 is 1.75 bits per heavy atom. The molecule has 1 aromatic rings. The summed E-state index contributed by atoms with van der Waals surface area (Å²) < 4.78 is 10.7. The molecule has 0 radical (unpaired) electrons. The monoisotopic (exact) mass is 334 g/mol. The van der Waals surface area contributed by atoms with Gasteiger partial charge in [0.1, 0.15) is 11.5 Å². The van der Waals surface area contributed by atoms with Crippen LogP contribution in [0, 0.1) is 0 Å². The normalized spacial score (nSPS) is 16.0. The van der Waals surface area contributed by atoms with Crippen LogP contribution in [0.3, 0.4) is 0 Å². The van der Waals surface area contributed by atoms with Crippen molar-refractivity contribution in [1.29, 1.82) is 0 Å². The van der Waals surface area contributed by atoms with Crippen molar-refractivity contribution in [3.05, 3.63) is 18.2 Å². The lowest BCUT2D eigenvalue weighted by molar-refractivity contribution is 0.393. The van der Waals surface area contributed by atoms with E-state index in [1.165, 1.54) is 0 Å². The SMILES string of the molecule is CCN=C(NCC)NC1CCN(c2cc(OC)cc(OC)c2)CC1. The molecular weight excluding hydrogens is 304 g/mol. The standard InChI is InChI=1S/C18H30N4O2/c1-5-19-18(20-6-2)21-14-7-9-22(10-8-14)15-11-16(23-3)13-17(12-15)24-4/h11-14H,5-10H2,1-4H3,(H2,19,20,21). The largest absolute Gasteiger partial charge is 0.497 e. The highest BCUT2D eigenvalue weighted by Crippen LogP contribution is 2.30. The number of nitrogens with one attached hydrogen (secondary N) is 2. The number of ether oxygens (including phenoxy) is 2. The van der Waals surface area contributed by atoms with Gasteiger partial charge in [-0.2, -0.15) is 0 Å².